The number of aromatic hydroxyl groups is 6. The SMILES string of the molecule is CC(=O)OCCOc1ccc(-c2nc(-c3ccc(Cl)cc3)nc(-c3ccc(OCCOC(C)=O)cc3O)n2)c(O)c1.Cc1ccc(-c2nc(-c3ccc(O)cc3O)nc(-c3ccc(O)cc3O)n2)c(C)c1. The van der Waals surface area contributed by atoms with Crippen molar-refractivity contribution in [2.75, 3.05) is 26.4 Å². The van der Waals surface area contributed by atoms with Gasteiger partial charge in [0.25, 0.3) is 0 Å². The Labute approximate surface area is 411 Å². The lowest BCUT2D eigenvalue weighted by molar-refractivity contribution is -0.142. The zero-order chi connectivity index (χ0) is 50.8. The number of nitrogens with zero attached hydrogens (tertiary/aromatic N) is 6. The van der Waals surface area contributed by atoms with E-state index in [2.05, 4.69) is 29.9 Å². The summed E-state index contributed by atoms with van der Waals surface area (Å²) >= 11 is 6.05. The maximum absolute atomic E-state index is 10.9. The molecule has 0 bridgehead atoms. The molecular weight excluding hydrogens is 936 g/mol. The van der Waals surface area contributed by atoms with Crippen LogP contribution in [0, 0.1) is 13.8 Å². The molecule has 6 N–H and O–H groups in total. The minimum absolute atomic E-state index is 0.0681. The van der Waals surface area contributed by atoms with E-state index in [9.17, 15) is 40.2 Å². The molecule has 0 saturated heterocycles. The van der Waals surface area contributed by atoms with Gasteiger partial charge in [-0.1, -0.05) is 35.4 Å². The summed E-state index contributed by atoms with van der Waals surface area (Å²) in [5.74, 6) is 0.314. The van der Waals surface area contributed by atoms with Crippen LogP contribution < -0.4 is 9.47 Å². The maximum atomic E-state index is 10.9. The quantitative estimate of drug-likeness (QED) is 0.0438. The first-order valence-corrected chi connectivity index (χ1v) is 22.0. The molecule has 0 aliphatic carbocycles. The summed E-state index contributed by atoms with van der Waals surface area (Å²) in [4.78, 5) is 49.0. The van der Waals surface area contributed by atoms with E-state index in [1.807, 2.05) is 32.0 Å². The highest BCUT2D eigenvalue weighted by atomic mass is 35.5. The molecule has 8 rings (SSSR count). The van der Waals surface area contributed by atoms with E-state index in [1.54, 1.807) is 48.5 Å². The minimum atomic E-state index is -0.415. The number of carbonyl (C=O) groups is 2. The van der Waals surface area contributed by atoms with Gasteiger partial charge in [-0.15, -0.1) is 0 Å². The number of aromatic nitrogens is 6. The molecular formula is C52H45ClN6O12. The average molecular weight is 981 g/mol. The summed E-state index contributed by atoms with van der Waals surface area (Å²) in [6, 6.07) is 30.2. The number of phenols is 6. The predicted octanol–water partition coefficient (Wildman–Crippen LogP) is 9.13. The number of phenolic OH excluding ortho intramolecular Hbond substituents is 6. The highest BCUT2D eigenvalue weighted by Gasteiger charge is 2.20. The number of benzene rings is 6. The molecule has 2 heterocycles. The monoisotopic (exact) mass is 980 g/mol. The van der Waals surface area contributed by atoms with Gasteiger partial charge >= 0.3 is 11.9 Å². The van der Waals surface area contributed by atoms with Gasteiger partial charge in [-0.05, 0) is 92.2 Å². The van der Waals surface area contributed by atoms with Gasteiger partial charge in [0, 0.05) is 54.3 Å². The van der Waals surface area contributed by atoms with Gasteiger partial charge in [0.05, 0.1) is 22.3 Å². The second-order valence-corrected chi connectivity index (χ2v) is 16.0. The van der Waals surface area contributed by atoms with E-state index >= 15 is 0 Å². The third-order valence-corrected chi connectivity index (χ3v) is 10.4. The van der Waals surface area contributed by atoms with Crippen molar-refractivity contribution in [3.8, 4) is 114 Å². The number of ether oxygens (including phenoxy) is 4. The third kappa shape index (κ3) is 12.9. The maximum Gasteiger partial charge on any atom is 0.302 e. The van der Waals surface area contributed by atoms with Crippen LogP contribution in [0.3, 0.4) is 0 Å². The summed E-state index contributed by atoms with van der Waals surface area (Å²) in [7, 11) is 0. The second-order valence-electron chi connectivity index (χ2n) is 15.6. The topological polar surface area (TPSA) is 270 Å². The Morgan fingerprint density at radius 2 is 0.803 bits per heavy atom. The van der Waals surface area contributed by atoms with E-state index in [0.717, 1.165) is 16.7 Å². The first-order chi connectivity index (χ1) is 34.0. The van der Waals surface area contributed by atoms with Gasteiger partial charge in [-0.25, -0.2) is 29.9 Å². The van der Waals surface area contributed by atoms with Gasteiger partial charge < -0.3 is 49.6 Å². The zero-order valence-corrected chi connectivity index (χ0v) is 39.2. The highest BCUT2D eigenvalue weighted by Crippen LogP contribution is 2.38. The third-order valence-electron chi connectivity index (χ3n) is 10.2. The van der Waals surface area contributed by atoms with Gasteiger partial charge in [0.1, 0.15) is 72.4 Å². The van der Waals surface area contributed by atoms with Crippen LogP contribution in [0.5, 0.6) is 46.0 Å². The van der Waals surface area contributed by atoms with E-state index in [1.165, 1.54) is 62.4 Å². The molecule has 8 aromatic rings. The molecule has 0 saturated carbocycles. The van der Waals surface area contributed by atoms with Crippen LogP contribution in [-0.2, 0) is 19.1 Å². The lowest BCUT2D eigenvalue weighted by Gasteiger charge is -2.12. The Morgan fingerprint density at radius 3 is 1.18 bits per heavy atom. The van der Waals surface area contributed by atoms with E-state index in [0.29, 0.717) is 50.2 Å². The van der Waals surface area contributed by atoms with E-state index < -0.39 is 11.9 Å². The lowest BCUT2D eigenvalue weighted by Crippen LogP contribution is -2.09. The number of carbonyl (C=O) groups excluding carboxylic acids is 2. The van der Waals surface area contributed by atoms with Crippen molar-refractivity contribution in [3.63, 3.8) is 0 Å². The summed E-state index contributed by atoms with van der Waals surface area (Å²) in [6.45, 7) is 6.90. The van der Waals surface area contributed by atoms with Gasteiger partial charge in [-0.3, -0.25) is 9.59 Å². The molecule has 0 radical (unpaired) electrons. The normalized spacial score (nSPS) is 10.7. The van der Waals surface area contributed by atoms with Crippen LogP contribution in [0.25, 0.3) is 68.3 Å². The highest BCUT2D eigenvalue weighted by molar-refractivity contribution is 6.30. The van der Waals surface area contributed by atoms with Crippen molar-refractivity contribution in [1.82, 2.24) is 29.9 Å². The standard InChI is InChI=1S/C29H26ClN3O8.C23H19N3O4/c1-17(34)38-11-13-40-21-7-9-23(25(36)15-21)28-31-27(19-3-5-20(30)6-4-19)32-29(33-28)24-10-8-22(16-26(24)37)41-14-12-39-18(2)35;1-12-3-6-16(13(2)9-12)21-24-22(17-7-4-14(27)10-19(17)29)26-23(25-21)18-8-5-15(28)11-20(18)30/h3-10,15-16,36-37H,11-14H2,1-2H3;3-11,27-30H,1-2H3. The van der Waals surface area contributed by atoms with Crippen molar-refractivity contribution in [1.29, 1.82) is 0 Å². The van der Waals surface area contributed by atoms with Crippen molar-refractivity contribution < 1.29 is 59.2 Å². The van der Waals surface area contributed by atoms with Crippen LogP contribution in [0.2, 0.25) is 5.02 Å². The fourth-order valence-corrected chi connectivity index (χ4v) is 6.96. The number of aryl methyl sites for hydroxylation is 2. The molecule has 6 aromatic carbocycles. The van der Waals surface area contributed by atoms with Crippen LogP contribution in [0.15, 0.2) is 115 Å². The van der Waals surface area contributed by atoms with Crippen LogP contribution >= 0.6 is 11.6 Å². The Bertz CT molecular complexity index is 2990. The zero-order valence-electron chi connectivity index (χ0n) is 38.5. The Morgan fingerprint density at radius 1 is 0.437 bits per heavy atom. The Hall–Kier alpha value is -9.03. The number of halogens is 1. The summed E-state index contributed by atoms with van der Waals surface area (Å²) in [5, 5.41) is 61.9. The summed E-state index contributed by atoms with van der Waals surface area (Å²) in [6.07, 6.45) is 0. The number of esters is 2. The molecule has 0 fully saturated rings. The fourth-order valence-electron chi connectivity index (χ4n) is 6.84. The Balaban J connectivity index is 0.000000219. The summed E-state index contributed by atoms with van der Waals surface area (Å²) in [5.41, 5.74) is 4.67. The molecule has 71 heavy (non-hydrogen) atoms. The first-order valence-electron chi connectivity index (χ1n) is 21.6. The fraction of sp³-hybridized carbons (Fsp3) is 0.154. The molecule has 0 spiro atoms. The average Bonchev–Trinajstić information content (AvgIpc) is 3.32. The molecule has 0 atom stereocenters. The summed E-state index contributed by atoms with van der Waals surface area (Å²) < 4.78 is 20.7. The van der Waals surface area contributed by atoms with Crippen molar-refractivity contribution in [3.05, 3.63) is 131 Å². The van der Waals surface area contributed by atoms with E-state index in [-0.39, 0.29) is 90.0 Å². The Kier molecular flexibility index (Phi) is 15.7. The van der Waals surface area contributed by atoms with Crippen molar-refractivity contribution in [2.24, 2.45) is 0 Å². The molecule has 0 aliphatic heterocycles. The van der Waals surface area contributed by atoms with Gasteiger partial charge in [-0.2, -0.15) is 0 Å². The number of hydrogen-bond donors (Lipinski definition) is 6. The van der Waals surface area contributed by atoms with Crippen molar-refractivity contribution >= 4 is 23.5 Å². The van der Waals surface area contributed by atoms with E-state index in [4.69, 9.17) is 30.5 Å². The number of rotatable bonds is 14. The van der Waals surface area contributed by atoms with Crippen molar-refractivity contribution in [2.45, 2.75) is 27.7 Å². The predicted molar refractivity (Wildman–Crippen MR) is 261 cm³/mol. The van der Waals surface area contributed by atoms with Gasteiger partial charge in [0.2, 0.25) is 0 Å². The van der Waals surface area contributed by atoms with Crippen LogP contribution in [0.1, 0.15) is 25.0 Å². The second kappa shape index (κ2) is 22.4. The largest absolute Gasteiger partial charge is 0.508 e. The molecule has 19 heteroatoms. The molecule has 0 amide bonds. The lowest BCUT2D eigenvalue weighted by atomic mass is 10.0. The number of hydrogen-bond acceptors (Lipinski definition) is 18. The molecule has 2 aromatic heterocycles. The van der Waals surface area contributed by atoms with Crippen LogP contribution in [-0.4, -0.2) is 98.9 Å². The smallest absolute Gasteiger partial charge is 0.302 e. The minimum Gasteiger partial charge on any atom is -0.508 e. The van der Waals surface area contributed by atoms with Crippen LogP contribution in [0.4, 0.5) is 0 Å². The molecule has 18 nitrogen and oxygen atoms in total. The molecule has 362 valence electrons. The van der Waals surface area contributed by atoms with Gasteiger partial charge in [0.15, 0.2) is 34.9 Å². The first kappa shape index (κ1) is 49.9. The molecule has 0 unspecified atom stereocenters. The molecule has 0 aliphatic rings.